The van der Waals surface area contributed by atoms with E-state index in [0.717, 1.165) is 18.5 Å². The van der Waals surface area contributed by atoms with Gasteiger partial charge >= 0.3 is 0 Å². The molecule has 0 amide bonds. The van der Waals surface area contributed by atoms with Gasteiger partial charge in [-0.3, -0.25) is 4.68 Å². The number of aryl methyl sites for hydroxylation is 1. The van der Waals surface area contributed by atoms with Crippen LogP contribution in [0.2, 0.25) is 0 Å². The summed E-state index contributed by atoms with van der Waals surface area (Å²) >= 11 is 0. The molecule has 1 aromatic heterocycles. The maximum atomic E-state index is 6.07. The molecule has 0 saturated carbocycles. The zero-order valence-corrected chi connectivity index (χ0v) is 9.63. The second-order valence-corrected chi connectivity index (χ2v) is 4.05. The molecule has 1 aromatic rings. The molecule has 90 valence electrons. The molecular weight excluding hydrogens is 206 g/mol. The third-order valence-electron chi connectivity index (χ3n) is 2.67. The molecule has 2 N–H and O–H groups in total. The monoisotopic (exact) mass is 225 g/mol. The number of aromatic nitrogens is 2. The van der Waals surface area contributed by atoms with E-state index in [1.807, 2.05) is 17.1 Å². The van der Waals surface area contributed by atoms with Crippen LogP contribution in [-0.2, 0) is 16.0 Å². The van der Waals surface area contributed by atoms with E-state index in [1.54, 1.807) is 0 Å². The maximum Gasteiger partial charge on any atom is 0.159 e. The lowest BCUT2D eigenvalue weighted by Gasteiger charge is -2.13. The van der Waals surface area contributed by atoms with Crippen LogP contribution >= 0.6 is 0 Å². The van der Waals surface area contributed by atoms with Crippen LogP contribution in [0.25, 0.3) is 0 Å². The fourth-order valence-electron chi connectivity index (χ4n) is 1.81. The third-order valence-corrected chi connectivity index (χ3v) is 2.67. The van der Waals surface area contributed by atoms with Crippen molar-refractivity contribution in [3.05, 3.63) is 18.0 Å². The molecule has 1 aliphatic rings. The normalized spacial score (nSPS) is 19.1. The molecule has 1 unspecified atom stereocenters. The lowest BCUT2D eigenvalue weighted by atomic mass is 10.1. The predicted molar refractivity (Wildman–Crippen MR) is 59.8 cm³/mol. The molecule has 0 bridgehead atoms. The zero-order chi connectivity index (χ0) is 11.4. The van der Waals surface area contributed by atoms with Gasteiger partial charge in [0.05, 0.1) is 19.4 Å². The quantitative estimate of drug-likeness (QED) is 0.813. The molecule has 1 aliphatic heterocycles. The fraction of sp³-hybridized carbons (Fsp3) is 0.727. The van der Waals surface area contributed by atoms with Crippen LogP contribution in [-0.4, -0.2) is 29.3 Å². The van der Waals surface area contributed by atoms with E-state index in [2.05, 4.69) is 12.0 Å². The maximum absolute atomic E-state index is 6.07. The van der Waals surface area contributed by atoms with Gasteiger partial charge in [0, 0.05) is 30.8 Å². The van der Waals surface area contributed by atoms with Gasteiger partial charge in [-0.15, -0.1) is 0 Å². The van der Waals surface area contributed by atoms with E-state index in [-0.39, 0.29) is 12.3 Å². The van der Waals surface area contributed by atoms with E-state index in [1.165, 1.54) is 0 Å². The minimum atomic E-state index is -0.149. The minimum absolute atomic E-state index is 0.0614. The van der Waals surface area contributed by atoms with Crippen LogP contribution in [0.1, 0.15) is 31.4 Å². The Morgan fingerprint density at radius 2 is 2.31 bits per heavy atom. The highest BCUT2D eigenvalue weighted by Crippen LogP contribution is 2.19. The van der Waals surface area contributed by atoms with Gasteiger partial charge in [0.1, 0.15) is 0 Å². The molecule has 0 aromatic carbocycles. The number of ether oxygens (including phenoxy) is 2. The number of nitrogens with zero attached hydrogens (tertiary/aromatic N) is 2. The van der Waals surface area contributed by atoms with Crippen molar-refractivity contribution < 1.29 is 9.47 Å². The summed E-state index contributed by atoms with van der Waals surface area (Å²) in [5.41, 5.74) is 7.12. The summed E-state index contributed by atoms with van der Waals surface area (Å²) in [5, 5.41) is 4.26. The minimum Gasteiger partial charge on any atom is -0.350 e. The van der Waals surface area contributed by atoms with Gasteiger partial charge < -0.3 is 15.2 Å². The van der Waals surface area contributed by atoms with Crippen molar-refractivity contribution in [2.45, 2.75) is 38.6 Å². The van der Waals surface area contributed by atoms with E-state index >= 15 is 0 Å². The van der Waals surface area contributed by atoms with Crippen molar-refractivity contribution in [2.24, 2.45) is 5.73 Å². The Kier molecular flexibility index (Phi) is 3.93. The Morgan fingerprint density at radius 1 is 1.56 bits per heavy atom. The molecule has 0 radical (unpaired) electrons. The Labute approximate surface area is 95.5 Å². The molecular formula is C11H19N3O2. The highest BCUT2D eigenvalue weighted by atomic mass is 16.7. The number of rotatable bonds is 5. The summed E-state index contributed by atoms with van der Waals surface area (Å²) in [6, 6.07) is -0.0614. The van der Waals surface area contributed by atoms with Crippen molar-refractivity contribution in [1.82, 2.24) is 9.78 Å². The lowest BCUT2D eigenvalue weighted by molar-refractivity contribution is -0.0507. The van der Waals surface area contributed by atoms with E-state index in [9.17, 15) is 0 Å². The summed E-state index contributed by atoms with van der Waals surface area (Å²) in [4.78, 5) is 0. The zero-order valence-electron chi connectivity index (χ0n) is 9.63. The average Bonchev–Trinajstić information content (AvgIpc) is 2.89. The van der Waals surface area contributed by atoms with Gasteiger partial charge in [-0.05, 0) is 6.42 Å². The standard InChI is InChI=1S/C11H19N3O2/c1-2-3-14-8-9(7-13-14)10(12)6-11-15-4-5-16-11/h7-8,10-11H,2-6,12H2,1H3. The van der Waals surface area contributed by atoms with Crippen molar-refractivity contribution >= 4 is 0 Å². The third kappa shape index (κ3) is 2.81. The van der Waals surface area contributed by atoms with Gasteiger partial charge in [-0.25, -0.2) is 0 Å². The number of hydrogen-bond acceptors (Lipinski definition) is 4. The second-order valence-electron chi connectivity index (χ2n) is 4.05. The van der Waals surface area contributed by atoms with Crippen LogP contribution in [0.3, 0.4) is 0 Å². The molecule has 1 atom stereocenters. The van der Waals surface area contributed by atoms with Crippen molar-refractivity contribution in [1.29, 1.82) is 0 Å². The molecule has 5 nitrogen and oxygen atoms in total. The summed E-state index contributed by atoms with van der Waals surface area (Å²) in [6.45, 7) is 4.41. The molecule has 1 fully saturated rings. The van der Waals surface area contributed by atoms with Crippen LogP contribution in [0, 0.1) is 0 Å². The summed E-state index contributed by atoms with van der Waals surface area (Å²) in [7, 11) is 0. The van der Waals surface area contributed by atoms with E-state index in [0.29, 0.717) is 19.6 Å². The molecule has 2 heterocycles. The predicted octanol–water partition coefficient (Wildman–Crippen LogP) is 1.06. The first-order valence-corrected chi connectivity index (χ1v) is 5.80. The molecule has 5 heteroatoms. The van der Waals surface area contributed by atoms with Crippen molar-refractivity contribution in [2.75, 3.05) is 13.2 Å². The summed E-state index contributed by atoms with van der Waals surface area (Å²) in [5.74, 6) is 0. The molecule has 1 saturated heterocycles. The fourth-order valence-corrected chi connectivity index (χ4v) is 1.81. The summed E-state index contributed by atoms with van der Waals surface area (Å²) < 4.78 is 12.7. The summed E-state index contributed by atoms with van der Waals surface area (Å²) in [6.07, 6.45) is 5.45. The van der Waals surface area contributed by atoms with Crippen molar-refractivity contribution in [3.63, 3.8) is 0 Å². The second kappa shape index (κ2) is 5.43. The van der Waals surface area contributed by atoms with Gasteiger partial charge in [-0.2, -0.15) is 5.10 Å². The SMILES string of the molecule is CCCn1cc(C(N)CC2OCCO2)cn1. The average molecular weight is 225 g/mol. The van der Waals surface area contributed by atoms with Gasteiger partial charge in [0.25, 0.3) is 0 Å². The number of nitrogens with two attached hydrogens (primary N) is 1. The smallest absolute Gasteiger partial charge is 0.159 e. The van der Waals surface area contributed by atoms with Gasteiger partial charge in [0.15, 0.2) is 6.29 Å². The van der Waals surface area contributed by atoms with Crippen LogP contribution < -0.4 is 5.73 Å². The van der Waals surface area contributed by atoms with Crippen LogP contribution in [0.5, 0.6) is 0 Å². The van der Waals surface area contributed by atoms with Crippen LogP contribution in [0.4, 0.5) is 0 Å². The molecule has 16 heavy (non-hydrogen) atoms. The first kappa shape index (κ1) is 11.6. The number of hydrogen-bond donors (Lipinski definition) is 1. The largest absolute Gasteiger partial charge is 0.350 e. The highest BCUT2D eigenvalue weighted by molar-refractivity contribution is 5.09. The Morgan fingerprint density at radius 3 is 3.00 bits per heavy atom. The Balaban J connectivity index is 1.89. The lowest BCUT2D eigenvalue weighted by Crippen LogP contribution is -2.19. The first-order valence-electron chi connectivity index (χ1n) is 5.80. The van der Waals surface area contributed by atoms with E-state index < -0.39 is 0 Å². The topological polar surface area (TPSA) is 62.3 Å². The highest BCUT2D eigenvalue weighted by Gasteiger charge is 2.20. The van der Waals surface area contributed by atoms with Crippen LogP contribution in [0.15, 0.2) is 12.4 Å². The first-order chi connectivity index (χ1) is 7.79. The Bertz CT molecular complexity index is 321. The molecule has 0 spiro atoms. The van der Waals surface area contributed by atoms with Crippen molar-refractivity contribution in [3.8, 4) is 0 Å². The van der Waals surface area contributed by atoms with Gasteiger partial charge in [0.2, 0.25) is 0 Å². The van der Waals surface area contributed by atoms with E-state index in [4.69, 9.17) is 15.2 Å². The molecule has 2 rings (SSSR count). The Hall–Kier alpha value is -0.910. The molecule has 0 aliphatic carbocycles. The van der Waals surface area contributed by atoms with Gasteiger partial charge in [-0.1, -0.05) is 6.92 Å².